The average Bonchev–Trinajstić information content (AvgIpc) is 2.35. The molecular weight excluding hydrogens is 258 g/mol. The Bertz CT molecular complexity index is 412. The van der Waals surface area contributed by atoms with Crippen LogP contribution in [0.4, 0.5) is 5.82 Å². The fraction of sp³-hybridized carbons (Fsp3) is 0.667. The molecule has 0 aliphatic carbocycles. The summed E-state index contributed by atoms with van der Waals surface area (Å²) < 4.78 is 0. The van der Waals surface area contributed by atoms with E-state index < -0.39 is 0 Å². The van der Waals surface area contributed by atoms with Gasteiger partial charge in [0, 0.05) is 31.4 Å². The predicted molar refractivity (Wildman–Crippen MR) is 84.0 cm³/mol. The molecule has 1 aromatic heterocycles. The highest BCUT2D eigenvalue weighted by molar-refractivity contribution is 6.31. The molecule has 1 unspecified atom stereocenters. The lowest BCUT2D eigenvalue weighted by Crippen LogP contribution is -2.35. The number of halogens is 1. The number of rotatable bonds is 5. The first-order valence-corrected chi connectivity index (χ1v) is 7.24. The second kappa shape index (κ2) is 6.58. The maximum Gasteiger partial charge on any atom is 0.128 e. The van der Waals surface area contributed by atoms with Gasteiger partial charge in [-0.2, -0.15) is 0 Å². The van der Waals surface area contributed by atoms with E-state index in [2.05, 4.69) is 62.9 Å². The van der Waals surface area contributed by atoms with Crippen molar-refractivity contribution in [1.29, 1.82) is 0 Å². The molecule has 0 spiro atoms. The van der Waals surface area contributed by atoms with Crippen LogP contribution >= 0.6 is 11.6 Å². The van der Waals surface area contributed by atoms with Gasteiger partial charge in [0.2, 0.25) is 0 Å². The molecule has 0 aliphatic rings. The molecule has 3 nitrogen and oxygen atoms in total. The lowest BCUT2D eigenvalue weighted by molar-refractivity contribution is 0.424. The van der Waals surface area contributed by atoms with Crippen LogP contribution in [0.1, 0.15) is 46.6 Å². The first kappa shape index (κ1) is 16.3. The fourth-order valence-corrected chi connectivity index (χ4v) is 1.83. The first-order valence-electron chi connectivity index (χ1n) is 6.87. The van der Waals surface area contributed by atoms with Crippen molar-refractivity contribution in [3.05, 3.63) is 22.8 Å². The monoisotopic (exact) mass is 283 g/mol. The van der Waals surface area contributed by atoms with E-state index in [1.165, 1.54) is 0 Å². The maximum absolute atomic E-state index is 6.22. The smallest absolute Gasteiger partial charge is 0.128 e. The van der Waals surface area contributed by atoms with Crippen LogP contribution in [0.25, 0.3) is 0 Å². The topological polar surface area (TPSA) is 28.2 Å². The Hall–Kier alpha value is -0.800. The van der Waals surface area contributed by atoms with Crippen molar-refractivity contribution < 1.29 is 0 Å². The van der Waals surface area contributed by atoms with Gasteiger partial charge >= 0.3 is 0 Å². The lowest BCUT2D eigenvalue weighted by atomic mass is 10.1. The van der Waals surface area contributed by atoms with Crippen LogP contribution in [0.3, 0.4) is 0 Å². The molecule has 1 N–H and O–H groups in total. The quantitative estimate of drug-likeness (QED) is 0.889. The molecule has 4 heteroatoms. The van der Waals surface area contributed by atoms with Crippen molar-refractivity contribution in [2.75, 3.05) is 11.9 Å². The minimum atomic E-state index is 0.0787. The predicted octanol–water partition coefficient (Wildman–Crippen LogP) is 3.86. The van der Waals surface area contributed by atoms with Gasteiger partial charge in [0.05, 0.1) is 5.02 Å². The van der Waals surface area contributed by atoms with Crippen LogP contribution in [-0.4, -0.2) is 23.6 Å². The summed E-state index contributed by atoms with van der Waals surface area (Å²) in [7, 11) is 2.07. The molecule has 0 aliphatic heterocycles. The Morgan fingerprint density at radius 3 is 2.58 bits per heavy atom. The second-order valence-electron chi connectivity index (χ2n) is 6.11. The Kier molecular flexibility index (Phi) is 5.63. The van der Waals surface area contributed by atoms with Gasteiger partial charge in [0.15, 0.2) is 0 Å². The van der Waals surface area contributed by atoms with Crippen LogP contribution in [0.2, 0.25) is 5.02 Å². The lowest BCUT2D eigenvalue weighted by Gasteiger charge is -2.26. The zero-order chi connectivity index (χ0) is 14.6. The van der Waals surface area contributed by atoms with Crippen LogP contribution in [0.5, 0.6) is 0 Å². The summed E-state index contributed by atoms with van der Waals surface area (Å²) in [5.74, 6) is 0.976. The Balaban J connectivity index is 2.88. The molecule has 0 fully saturated rings. The molecule has 1 heterocycles. The number of hydrogen-bond donors (Lipinski definition) is 1. The fourth-order valence-electron chi connectivity index (χ4n) is 1.66. The van der Waals surface area contributed by atoms with E-state index in [0.717, 1.165) is 29.4 Å². The van der Waals surface area contributed by atoms with E-state index in [1.54, 1.807) is 6.20 Å². The number of nitrogens with one attached hydrogen (secondary N) is 1. The molecule has 0 aromatic carbocycles. The average molecular weight is 284 g/mol. The Labute approximate surface area is 122 Å². The summed E-state index contributed by atoms with van der Waals surface area (Å²) in [6, 6.07) is 2.55. The van der Waals surface area contributed by atoms with Gasteiger partial charge in [-0.25, -0.2) is 4.98 Å². The standard InChI is InChI=1S/C15H26ClN3/c1-7-11(2)19(6)14-8-12(13(16)10-17-14)9-18-15(3,4)5/h8,10-11,18H,7,9H2,1-6H3. The number of nitrogens with zero attached hydrogens (tertiary/aromatic N) is 2. The van der Waals surface area contributed by atoms with E-state index in [4.69, 9.17) is 11.6 Å². The Morgan fingerprint density at radius 1 is 1.42 bits per heavy atom. The van der Waals surface area contributed by atoms with Crippen molar-refractivity contribution in [2.45, 2.75) is 59.2 Å². The molecule has 1 aromatic rings. The van der Waals surface area contributed by atoms with Crippen molar-refractivity contribution in [3.8, 4) is 0 Å². The molecule has 19 heavy (non-hydrogen) atoms. The minimum absolute atomic E-state index is 0.0787. The second-order valence-corrected chi connectivity index (χ2v) is 6.51. The van der Waals surface area contributed by atoms with Crippen molar-refractivity contribution in [3.63, 3.8) is 0 Å². The molecule has 0 amide bonds. The summed E-state index contributed by atoms with van der Waals surface area (Å²) in [5, 5.41) is 4.18. The van der Waals surface area contributed by atoms with E-state index >= 15 is 0 Å². The van der Waals surface area contributed by atoms with Crippen LogP contribution in [-0.2, 0) is 6.54 Å². The molecule has 108 valence electrons. The number of pyridine rings is 1. The largest absolute Gasteiger partial charge is 0.357 e. The first-order chi connectivity index (χ1) is 8.74. The van der Waals surface area contributed by atoms with Gasteiger partial charge in [-0.3, -0.25) is 0 Å². The highest BCUT2D eigenvalue weighted by Gasteiger charge is 2.13. The normalized spacial score (nSPS) is 13.4. The summed E-state index contributed by atoms with van der Waals surface area (Å²) in [6.45, 7) is 11.6. The molecule has 1 atom stereocenters. The zero-order valence-electron chi connectivity index (χ0n) is 12.9. The van der Waals surface area contributed by atoms with Crippen LogP contribution < -0.4 is 10.2 Å². The SMILES string of the molecule is CCC(C)N(C)c1cc(CNC(C)(C)C)c(Cl)cn1. The Morgan fingerprint density at radius 2 is 2.05 bits per heavy atom. The summed E-state index contributed by atoms with van der Waals surface area (Å²) >= 11 is 6.22. The third-order valence-electron chi connectivity index (χ3n) is 3.34. The van der Waals surface area contributed by atoms with Gasteiger partial charge in [0.1, 0.15) is 5.82 Å². The van der Waals surface area contributed by atoms with E-state index in [1.807, 2.05) is 0 Å². The molecule has 0 saturated carbocycles. The van der Waals surface area contributed by atoms with E-state index in [0.29, 0.717) is 6.04 Å². The third kappa shape index (κ3) is 5.00. The van der Waals surface area contributed by atoms with Crippen molar-refractivity contribution in [1.82, 2.24) is 10.3 Å². The van der Waals surface area contributed by atoms with Gasteiger partial charge in [-0.05, 0) is 45.7 Å². The molecule has 0 radical (unpaired) electrons. The number of aromatic nitrogens is 1. The molecular formula is C15H26ClN3. The van der Waals surface area contributed by atoms with Crippen LogP contribution in [0, 0.1) is 0 Å². The van der Waals surface area contributed by atoms with Gasteiger partial charge in [-0.15, -0.1) is 0 Å². The summed E-state index contributed by atoms with van der Waals surface area (Å²) in [5.41, 5.74) is 1.17. The molecule has 0 bridgehead atoms. The van der Waals surface area contributed by atoms with Crippen LogP contribution in [0.15, 0.2) is 12.3 Å². The molecule has 1 rings (SSSR count). The zero-order valence-corrected chi connectivity index (χ0v) is 13.7. The minimum Gasteiger partial charge on any atom is -0.357 e. The number of hydrogen-bond acceptors (Lipinski definition) is 3. The molecule has 0 saturated heterocycles. The van der Waals surface area contributed by atoms with Crippen molar-refractivity contribution >= 4 is 17.4 Å². The maximum atomic E-state index is 6.22. The van der Waals surface area contributed by atoms with Crippen molar-refractivity contribution in [2.24, 2.45) is 0 Å². The van der Waals surface area contributed by atoms with E-state index in [9.17, 15) is 0 Å². The number of anilines is 1. The highest BCUT2D eigenvalue weighted by atomic mass is 35.5. The summed E-state index contributed by atoms with van der Waals surface area (Å²) in [6.07, 6.45) is 2.84. The van der Waals surface area contributed by atoms with E-state index in [-0.39, 0.29) is 5.54 Å². The highest BCUT2D eigenvalue weighted by Crippen LogP contribution is 2.22. The van der Waals surface area contributed by atoms with Gasteiger partial charge < -0.3 is 10.2 Å². The summed E-state index contributed by atoms with van der Waals surface area (Å²) in [4.78, 5) is 6.61. The third-order valence-corrected chi connectivity index (χ3v) is 3.68. The van der Waals surface area contributed by atoms with Gasteiger partial charge in [-0.1, -0.05) is 18.5 Å². The van der Waals surface area contributed by atoms with Gasteiger partial charge in [0.25, 0.3) is 0 Å².